The molecule has 0 spiro atoms. The molecule has 0 saturated carbocycles. The number of nitrogens with one attached hydrogen (secondary N) is 1. The first-order valence-corrected chi connectivity index (χ1v) is 6.70. The minimum Gasteiger partial charge on any atom is -0.398 e. The minimum absolute atomic E-state index is 0.0206. The third-order valence-corrected chi connectivity index (χ3v) is 3.81. The zero-order chi connectivity index (χ0) is 15.6. The van der Waals surface area contributed by atoms with Gasteiger partial charge in [0, 0.05) is 41.7 Å². The maximum atomic E-state index is 11.4. The second-order valence-electron chi connectivity index (χ2n) is 5.11. The smallest absolute Gasteiger partial charge is 0.224 e. The van der Waals surface area contributed by atoms with Crippen molar-refractivity contribution >= 4 is 23.6 Å². The molecule has 21 heavy (non-hydrogen) atoms. The summed E-state index contributed by atoms with van der Waals surface area (Å²) in [5, 5.41) is 2.75. The number of likely N-dealkylation sites (N-methyl/N-ethyl adjacent to an activating group) is 1. The van der Waals surface area contributed by atoms with Gasteiger partial charge in [-0.15, -0.1) is 0 Å². The average molecular weight is 285 g/mol. The van der Waals surface area contributed by atoms with Crippen molar-refractivity contribution in [1.82, 2.24) is 10.2 Å². The van der Waals surface area contributed by atoms with Gasteiger partial charge in [-0.1, -0.05) is 25.3 Å². The summed E-state index contributed by atoms with van der Waals surface area (Å²) in [4.78, 5) is 24.5. The maximum Gasteiger partial charge on any atom is 0.224 e. The number of piperidine rings is 1. The Kier molecular flexibility index (Phi) is 4.12. The lowest BCUT2D eigenvalue weighted by Crippen LogP contribution is -2.43. The van der Waals surface area contributed by atoms with Gasteiger partial charge in [0.15, 0.2) is 6.29 Å². The molecule has 5 heteroatoms. The molecule has 0 radical (unpaired) electrons. The van der Waals surface area contributed by atoms with Crippen molar-refractivity contribution in [3.05, 3.63) is 48.2 Å². The Balaban J connectivity index is 2.28. The van der Waals surface area contributed by atoms with Gasteiger partial charge in [0.25, 0.3) is 0 Å². The summed E-state index contributed by atoms with van der Waals surface area (Å²) in [7, 11) is 1.87. The van der Waals surface area contributed by atoms with E-state index in [0.29, 0.717) is 41.1 Å². The van der Waals surface area contributed by atoms with Crippen molar-refractivity contribution in [1.29, 1.82) is 0 Å². The number of carbonyl (C=O) groups is 2. The number of nitrogen functional groups attached to an aromatic ring is 1. The fraction of sp³-hybridized carbons (Fsp3) is 0.250. The number of hydrogen-bond donors (Lipinski definition) is 2. The third-order valence-electron chi connectivity index (χ3n) is 3.81. The number of amides is 1. The van der Waals surface area contributed by atoms with E-state index in [1.54, 1.807) is 12.1 Å². The quantitative estimate of drug-likeness (QED) is 0.653. The van der Waals surface area contributed by atoms with E-state index in [4.69, 9.17) is 5.73 Å². The van der Waals surface area contributed by atoms with Crippen LogP contribution < -0.4 is 11.1 Å². The molecule has 1 aliphatic rings. The molecule has 1 amide bonds. The Labute approximate surface area is 124 Å². The van der Waals surface area contributed by atoms with Crippen molar-refractivity contribution in [2.75, 3.05) is 12.8 Å². The molecule has 1 aromatic rings. The van der Waals surface area contributed by atoms with Gasteiger partial charge >= 0.3 is 0 Å². The van der Waals surface area contributed by atoms with Crippen molar-refractivity contribution in [2.24, 2.45) is 0 Å². The van der Waals surface area contributed by atoms with Gasteiger partial charge < -0.3 is 16.0 Å². The molecule has 1 aliphatic heterocycles. The highest BCUT2D eigenvalue weighted by molar-refractivity contribution is 5.91. The number of hydrogen-bond acceptors (Lipinski definition) is 4. The second kappa shape index (κ2) is 5.83. The van der Waals surface area contributed by atoms with E-state index < -0.39 is 0 Å². The molecule has 1 aromatic carbocycles. The molecule has 1 atom stereocenters. The fourth-order valence-corrected chi connectivity index (χ4v) is 2.54. The number of aldehydes is 1. The molecule has 1 saturated heterocycles. The number of nitrogens with two attached hydrogens (primary N) is 1. The van der Waals surface area contributed by atoms with E-state index in [-0.39, 0.29) is 11.9 Å². The molecule has 1 fully saturated rings. The second-order valence-corrected chi connectivity index (χ2v) is 5.11. The van der Waals surface area contributed by atoms with Crippen molar-refractivity contribution in [3.63, 3.8) is 0 Å². The first-order chi connectivity index (χ1) is 9.95. The molecule has 0 aromatic heterocycles. The van der Waals surface area contributed by atoms with E-state index in [1.807, 2.05) is 18.0 Å². The number of benzene rings is 1. The van der Waals surface area contributed by atoms with E-state index in [0.717, 1.165) is 6.29 Å². The van der Waals surface area contributed by atoms with Crippen molar-refractivity contribution in [3.8, 4) is 0 Å². The molecule has 1 heterocycles. The summed E-state index contributed by atoms with van der Waals surface area (Å²) < 4.78 is 0. The van der Waals surface area contributed by atoms with Gasteiger partial charge in [-0.25, -0.2) is 0 Å². The molecule has 0 aliphatic carbocycles. The first-order valence-electron chi connectivity index (χ1n) is 6.70. The molecule has 3 N–H and O–H groups in total. The van der Waals surface area contributed by atoms with Crippen LogP contribution in [0.25, 0.3) is 5.70 Å². The van der Waals surface area contributed by atoms with Gasteiger partial charge in [0.05, 0.1) is 6.04 Å². The summed E-state index contributed by atoms with van der Waals surface area (Å²) in [6.45, 7) is 7.96. The summed E-state index contributed by atoms with van der Waals surface area (Å²) >= 11 is 0. The minimum atomic E-state index is -0.0452. The highest BCUT2D eigenvalue weighted by Gasteiger charge is 2.27. The summed E-state index contributed by atoms with van der Waals surface area (Å²) in [6.07, 6.45) is 1.85. The van der Waals surface area contributed by atoms with Crippen LogP contribution in [0.5, 0.6) is 0 Å². The predicted octanol–water partition coefficient (Wildman–Crippen LogP) is 1.78. The standard InChI is InChI=1S/C16H19N3O2/c1-10-15(7-8-16(21)18-10)19(3)11(2)12-5-4-6-14(17)13(12)9-20/h4-6,9,15H,1-2,7-8,17H2,3H3,(H,18,21). The van der Waals surface area contributed by atoms with Crippen LogP contribution in [0.2, 0.25) is 0 Å². The van der Waals surface area contributed by atoms with Crippen LogP contribution in [0.3, 0.4) is 0 Å². The summed E-state index contributed by atoms with van der Waals surface area (Å²) in [5.41, 5.74) is 8.69. The molecular weight excluding hydrogens is 266 g/mol. The van der Waals surface area contributed by atoms with Gasteiger partial charge in [0.1, 0.15) is 0 Å². The van der Waals surface area contributed by atoms with Crippen LogP contribution in [0.1, 0.15) is 28.8 Å². The average Bonchev–Trinajstić information content (AvgIpc) is 2.45. The molecule has 1 unspecified atom stereocenters. The number of carbonyl (C=O) groups excluding carboxylic acids is 2. The van der Waals surface area contributed by atoms with Crippen LogP contribution >= 0.6 is 0 Å². The van der Waals surface area contributed by atoms with Crippen LogP contribution in [-0.2, 0) is 4.79 Å². The zero-order valence-electron chi connectivity index (χ0n) is 12.1. The van der Waals surface area contributed by atoms with Crippen LogP contribution in [0, 0.1) is 0 Å². The van der Waals surface area contributed by atoms with Gasteiger partial charge in [-0.3, -0.25) is 9.59 Å². The monoisotopic (exact) mass is 285 g/mol. The highest BCUT2D eigenvalue weighted by atomic mass is 16.1. The Morgan fingerprint density at radius 2 is 2.24 bits per heavy atom. The fourth-order valence-electron chi connectivity index (χ4n) is 2.54. The largest absolute Gasteiger partial charge is 0.398 e. The van der Waals surface area contributed by atoms with Gasteiger partial charge in [-0.2, -0.15) is 0 Å². The highest BCUT2D eigenvalue weighted by Crippen LogP contribution is 2.28. The molecule has 110 valence electrons. The summed E-state index contributed by atoms with van der Waals surface area (Å²) in [5.74, 6) is -0.0206. The maximum absolute atomic E-state index is 11.4. The van der Waals surface area contributed by atoms with E-state index in [1.165, 1.54) is 0 Å². The Morgan fingerprint density at radius 1 is 1.52 bits per heavy atom. The van der Waals surface area contributed by atoms with Gasteiger partial charge in [0.2, 0.25) is 5.91 Å². The normalized spacial score (nSPS) is 18.0. The molecular formula is C16H19N3O2. The van der Waals surface area contributed by atoms with E-state index >= 15 is 0 Å². The zero-order valence-corrected chi connectivity index (χ0v) is 12.1. The lowest BCUT2D eigenvalue weighted by Gasteiger charge is -2.36. The number of rotatable bonds is 4. The number of anilines is 1. The Hall–Kier alpha value is -2.56. The predicted molar refractivity (Wildman–Crippen MR) is 83.3 cm³/mol. The molecule has 0 bridgehead atoms. The number of nitrogens with zero attached hydrogens (tertiary/aromatic N) is 1. The van der Waals surface area contributed by atoms with Crippen molar-refractivity contribution in [2.45, 2.75) is 18.9 Å². The molecule has 5 nitrogen and oxygen atoms in total. The summed E-state index contributed by atoms with van der Waals surface area (Å²) in [6, 6.07) is 5.23. The van der Waals surface area contributed by atoms with E-state index in [2.05, 4.69) is 18.5 Å². The van der Waals surface area contributed by atoms with Crippen LogP contribution in [0.15, 0.2) is 37.1 Å². The van der Waals surface area contributed by atoms with Gasteiger partial charge in [-0.05, 0) is 12.5 Å². The van der Waals surface area contributed by atoms with Crippen LogP contribution in [0.4, 0.5) is 5.69 Å². The molecule has 2 rings (SSSR count). The topological polar surface area (TPSA) is 75.4 Å². The Morgan fingerprint density at radius 3 is 2.86 bits per heavy atom. The van der Waals surface area contributed by atoms with Crippen LogP contribution in [-0.4, -0.2) is 30.2 Å². The van der Waals surface area contributed by atoms with E-state index in [9.17, 15) is 9.59 Å². The van der Waals surface area contributed by atoms with Crippen molar-refractivity contribution < 1.29 is 9.59 Å². The lowest BCUT2D eigenvalue weighted by molar-refractivity contribution is -0.121. The Bertz CT molecular complexity index is 622. The lowest BCUT2D eigenvalue weighted by atomic mass is 9.98. The SMILES string of the molecule is C=C1NC(=O)CCC1N(C)C(=C)c1cccc(N)c1C=O. The first kappa shape index (κ1) is 14.8. The third kappa shape index (κ3) is 2.81.